The number of hydrogen-bond acceptors (Lipinski definition) is 3. The van der Waals surface area contributed by atoms with Crippen LogP contribution < -0.4 is 15.4 Å². The van der Waals surface area contributed by atoms with Gasteiger partial charge in [0.2, 0.25) is 0 Å². The van der Waals surface area contributed by atoms with Gasteiger partial charge in [0.1, 0.15) is 5.75 Å². The Kier molecular flexibility index (Phi) is 4.60. The second kappa shape index (κ2) is 6.41. The molecule has 0 aliphatic rings. The van der Waals surface area contributed by atoms with Gasteiger partial charge in [-0.2, -0.15) is 0 Å². The molecule has 2 aromatic rings. The molecule has 4 nitrogen and oxygen atoms in total. The molecule has 0 aliphatic heterocycles. The third kappa shape index (κ3) is 3.23. The van der Waals surface area contributed by atoms with Crippen molar-refractivity contribution in [1.29, 1.82) is 0 Å². The highest BCUT2D eigenvalue weighted by molar-refractivity contribution is 6.06. The standard InChI is InChI=1S/C17H20N2O2/c1-12-4-7-14(10-16(12)21-3)17(20)19(2)15-8-5-13(11-18)6-9-15/h4-10H,11,18H2,1-3H3. The van der Waals surface area contributed by atoms with E-state index in [2.05, 4.69) is 0 Å². The van der Waals surface area contributed by atoms with E-state index in [1.807, 2.05) is 43.3 Å². The molecule has 0 saturated heterocycles. The molecule has 0 aliphatic carbocycles. The Morgan fingerprint density at radius 1 is 1.19 bits per heavy atom. The quantitative estimate of drug-likeness (QED) is 0.939. The minimum Gasteiger partial charge on any atom is -0.496 e. The molecule has 0 atom stereocenters. The van der Waals surface area contributed by atoms with Gasteiger partial charge in [-0.15, -0.1) is 0 Å². The Labute approximate surface area is 125 Å². The SMILES string of the molecule is COc1cc(C(=O)N(C)c2ccc(CN)cc2)ccc1C. The first-order valence-corrected chi connectivity index (χ1v) is 6.78. The number of carbonyl (C=O) groups is 1. The predicted octanol–water partition coefficient (Wildman–Crippen LogP) is 2.74. The highest BCUT2D eigenvalue weighted by Crippen LogP contribution is 2.22. The molecule has 0 aromatic heterocycles. The number of anilines is 1. The van der Waals surface area contributed by atoms with E-state index in [1.54, 1.807) is 25.1 Å². The van der Waals surface area contributed by atoms with E-state index in [9.17, 15) is 4.79 Å². The lowest BCUT2D eigenvalue weighted by Gasteiger charge is -2.18. The largest absolute Gasteiger partial charge is 0.496 e. The molecule has 0 saturated carbocycles. The van der Waals surface area contributed by atoms with Gasteiger partial charge in [0.15, 0.2) is 0 Å². The molecule has 0 fully saturated rings. The molecule has 2 N–H and O–H groups in total. The van der Waals surface area contributed by atoms with Gasteiger partial charge >= 0.3 is 0 Å². The van der Waals surface area contributed by atoms with Crippen molar-refractivity contribution in [3.63, 3.8) is 0 Å². The van der Waals surface area contributed by atoms with Gasteiger partial charge in [-0.05, 0) is 42.3 Å². The number of nitrogens with two attached hydrogens (primary N) is 1. The van der Waals surface area contributed by atoms with E-state index in [0.29, 0.717) is 17.9 Å². The number of aryl methyl sites for hydroxylation is 1. The molecule has 0 spiro atoms. The Morgan fingerprint density at radius 2 is 1.86 bits per heavy atom. The third-order valence-electron chi connectivity index (χ3n) is 3.52. The maximum atomic E-state index is 12.5. The molecule has 0 heterocycles. The van der Waals surface area contributed by atoms with Crippen LogP contribution in [-0.4, -0.2) is 20.1 Å². The smallest absolute Gasteiger partial charge is 0.258 e. The van der Waals surface area contributed by atoms with Gasteiger partial charge < -0.3 is 15.4 Å². The zero-order chi connectivity index (χ0) is 15.4. The molecule has 2 aromatic carbocycles. The van der Waals surface area contributed by atoms with Crippen molar-refractivity contribution in [3.8, 4) is 5.75 Å². The summed E-state index contributed by atoms with van der Waals surface area (Å²) in [6.45, 7) is 2.44. The number of benzene rings is 2. The summed E-state index contributed by atoms with van der Waals surface area (Å²) in [5, 5.41) is 0. The Hall–Kier alpha value is -2.33. The van der Waals surface area contributed by atoms with Gasteiger partial charge in [0, 0.05) is 24.8 Å². The first kappa shape index (κ1) is 15.1. The Balaban J connectivity index is 2.25. The monoisotopic (exact) mass is 284 g/mol. The normalized spacial score (nSPS) is 10.3. The summed E-state index contributed by atoms with van der Waals surface area (Å²) < 4.78 is 5.27. The molecule has 0 bridgehead atoms. The van der Waals surface area contributed by atoms with Crippen molar-refractivity contribution in [2.24, 2.45) is 5.73 Å². The number of ether oxygens (including phenoxy) is 1. The number of rotatable bonds is 4. The van der Waals surface area contributed by atoms with Crippen LogP contribution in [0.5, 0.6) is 5.75 Å². The lowest BCUT2D eigenvalue weighted by Crippen LogP contribution is -2.26. The van der Waals surface area contributed by atoms with Crippen molar-refractivity contribution < 1.29 is 9.53 Å². The van der Waals surface area contributed by atoms with E-state index in [-0.39, 0.29) is 5.91 Å². The highest BCUT2D eigenvalue weighted by Gasteiger charge is 2.14. The van der Waals surface area contributed by atoms with Crippen molar-refractivity contribution >= 4 is 11.6 Å². The van der Waals surface area contributed by atoms with Crippen LogP contribution in [0.2, 0.25) is 0 Å². The number of hydrogen-bond donors (Lipinski definition) is 1. The Morgan fingerprint density at radius 3 is 2.43 bits per heavy atom. The zero-order valence-corrected chi connectivity index (χ0v) is 12.6. The fourth-order valence-electron chi connectivity index (χ4n) is 2.12. The summed E-state index contributed by atoms with van der Waals surface area (Å²) in [5.74, 6) is 0.640. The maximum absolute atomic E-state index is 12.5. The van der Waals surface area contributed by atoms with Gasteiger partial charge in [0.05, 0.1) is 7.11 Å². The van der Waals surface area contributed by atoms with Gasteiger partial charge in [-0.25, -0.2) is 0 Å². The second-order valence-corrected chi connectivity index (χ2v) is 4.92. The summed E-state index contributed by atoms with van der Waals surface area (Å²) >= 11 is 0. The first-order valence-electron chi connectivity index (χ1n) is 6.78. The number of carbonyl (C=O) groups excluding carboxylic acids is 1. The van der Waals surface area contributed by atoms with E-state index >= 15 is 0 Å². The molecule has 21 heavy (non-hydrogen) atoms. The van der Waals surface area contributed by atoms with E-state index in [1.165, 1.54) is 0 Å². The summed E-state index contributed by atoms with van der Waals surface area (Å²) in [6, 6.07) is 13.1. The van der Waals surface area contributed by atoms with E-state index < -0.39 is 0 Å². The average molecular weight is 284 g/mol. The minimum absolute atomic E-state index is 0.0752. The van der Waals surface area contributed by atoms with Crippen LogP contribution in [-0.2, 0) is 6.54 Å². The zero-order valence-electron chi connectivity index (χ0n) is 12.6. The van der Waals surface area contributed by atoms with Crippen LogP contribution in [0.1, 0.15) is 21.5 Å². The fourth-order valence-corrected chi connectivity index (χ4v) is 2.12. The molecule has 1 amide bonds. The molecule has 110 valence electrons. The van der Waals surface area contributed by atoms with Gasteiger partial charge in [-0.1, -0.05) is 18.2 Å². The second-order valence-electron chi connectivity index (χ2n) is 4.92. The lowest BCUT2D eigenvalue weighted by atomic mass is 10.1. The van der Waals surface area contributed by atoms with Crippen LogP contribution in [0.3, 0.4) is 0 Å². The van der Waals surface area contributed by atoms with Gasteiger partial charge in [0.25, 0.3) is 5.91 Å². The van der Waals surface area contributed by atoms with Gasteiger partial charge in [-0.3, -0.25) is 4.79 Å². The molecular weight excluding hydrogens is 264 g/mol. The summed E-state index contributed by atoms with van der Waals surface area (Å²) in [5.41, 5.74) is 9.05. The molecular formula is C17H20N2O2. The number of amides is 1. The van der Waals surface area contributed by atoms with E-state index in [4.69, 9.17) is 10.5 Å². The average Bonchev–Trinajstić information content (AvgIpc) is 2.54. The molecule has 0 unspecified atom stereocenters. The van der Waals surface area contributed by atoms with Crippen molar-refractivity contribution in [2.75, 3.05) is 19.1 Å². The summed E-state index contributed by atoms with van der Waals surface area (Å²) in [7, 11) is 3.36. The molecule has 2 rings (SSSR count). The number of nitrogens with zero attached hydrogens (tertiary/aromatic N) is 1. The van der Waals surface area contributed by atoms with Crippen molar-refractivity contribution in [1.82, 2.24) is 0 Å². The number of methoxy groups -OCH3 is 1. The van der Waals surface area contributed by atoms with Crippen molar-refractivity contribution in [2.45, 2.75) is 13.5 Å². The first-order chi connectivity index (χ1) is 10.1. The maximum Gasteiger partial charge on any atom is 0.258 e. The highest BCUT2D eigenvalue weighted by atomic mass is 16.5. The third-order valence-corrected chi connectivity index (χ3v) is 3.52. The van der Waals surface area contributed by atoms with Crippen LogP contribution in [0, 0.1) is 6.92 Å². The summed E-state index contributed by atoms with van der Waals surface area (Å²) in [4.78, 5) is 14.1. The fraction of sp³-hybridized carbons (Fsp3) is 0.235. The minimum atomic E-state index is -0.0752. The van der Waals surface area contributed by atoms with Crippen LogP contribution >= 0.6 is 0 Å². The lowest BCUT2D eigenvalue weighted by molar-refractivity contribution is 0.0992. The van der Waals surface area contributed by atoms with E-state index in [0.717, 1.165) is 16.8 Å². The summed E-state index contributed by atoms with van der Waals surface area (Å²) in [6.07, 6.45) is 0. The Bertz CT molecular complexity index is 636. The molecule has 4 heteroatoms. The van der Waals surface area contributed by atoms with Crippen LogP contribution in [0.15, 0.2) is 42.5 Å². The predicted molar refractivity (Wildman–Crippen MR) is 84.8 cm³/mol. The van der Waals surface area contributed by atoms with Crippen LogP contribution in [0.4, 0.5) is 5.69 Å². The van der Waals surface area contributed by atoms with Crippen LogP contribution in [0.25, 0.3) is 0 Å². The van der Waals surface area contributed by atoms with Crippen molar-refractivity contribution in [3.05, 3.63) is 59.2 Å². The molecule has 0 radical (unpaired) electrons. The topological polar surface area (TPSA) is 55.6 Å².